The standard InChI is InChI=1S/C21H24N4O2S/c1-15(26)23-17-6-9-19(10-7-17)28-21-22-14-16-5-8-18(13-20(16)24-21)27-12-4-11-25(2)3/h5-10,13-14H,4,11-12H2,1-3H3,(H,23,26). The predicted molar refractivity (Wildman–Crippen MR) is 113 cm³/mol. The lowest BCUT2D eigenvalue weighted by atomic mass is 10.2. The fourth-order valence-corrected chi connectivity index (χ4v) is 3.34. The molecule has 7 heteroatoms. The van der Waals surface area contributed by atoms with Crippen LogP contribution >= 0.6 is 11.8 Å². The number of carbonyl (C=O) groups excluding carboxylic acids is 1. The van der Waals surface area contributed by atoms with Crippen LogP contribution in [0.15, 0.2) is 58.7 Å². The fourth-order valence-electron chi connectivity index (χ4n) is 2.61. The number of hydrogen-bond donors (Lipinski definition) is 1. The van der Waals surface area contributed by atoms with Crippen molar-refractivity contribution in [2.45, 2.75) is 23.4 Å². The Labute approximate surface area is 169 Å². The van der Waals surface area contributed by atoms with E-state index in [1.54, 1.807) is 0 Å². The molecule has 0 aliphatic heterocycles. The van der Waals surface area contributed by atoms with Gasteiger partial charge in [-0.1, -0.05) is 0 Å². The Balaban J connectivity index is 1.67. The molecule has 0 atom stereocenters. The maximum atomic E-state index is 11.1. The van der Waals surface area contributed by atoms with Crippen molar-refractivity contribution >= 4 is 34.3 Å². The van der Waals surface area contributed by atoms with Crippen molar-refractivity contribution in [2.24, 2.45) is 0 Å². The van der Waals surface area contributed by atoms with Crippen LogP contribution in [0.2, 0.25) is 0 Å². The van der Waals surface area contributed by atoms with E-state index in [2.05, 4.69) is 34.3 Å². The van der Waals surface area contributed by atoms with E-state index >= 15 is 0 Å². The molecule has 28 heavy (non-hydrogen) atoms. The monoisotopic (exact) mass is 396 g/mol. The van der Waals surface area contributed by atoms with Crippen molar-refractivity contribution < 1.29 is 9.53 Å². The van der Waals surface area contributed by atoms with E-state index in [-0.39, 0.29) is 5.91 Å². The number of hydrogen-bond acceptors (Lipinski definition) is 6. The van der Waals surface area contributed by atoms with Gasteiger partial charge in [-0.15, -0.1) is 0 Å². The molecule has 0 saturated heterocycles. The van der Waals surface area contributed by atoms with E-state index in [9.17, 15) is 4.79 Å². The highest BCUT2D eigenvalue weighted by molar-refractivity contribution is 7.99. The number of nitrogens with one attached hydrogen (secondary N) is 1. The summed E-state index contributed by atoms with van der Waals surface area (Å²) in [6, 6.07) is 13.5. The quantitative estimate of drug-likeness (QED) is 0.457. The first-order valence-electron chi connectivity index (χ1n) is 9.09. The summed E-state index contributed by atoms with van der Waals surface area (Å²) in [4.78, 5) is 23.3. The number of carbonyl (C=O) groups is 1. The molecule has 6 nitrogen and oxygen atoms in total. The zero-order valence-corrected chi connectivity index (χ0v) is 17.1. The second-order valence-corrected chi connectivity index (χ2v) is 7.73. The molecule has 146 valence electrons. The van der Waals surface area contributed by atoms with Crippen molar-refractivity contribution in [3.8, 4) is 5.75 Å². The van der Waals surface area contributed by atoms with Crippen LogP contribution < -0.4 is 10.1 Å². The Morgan fingerprint density at radius 3 is 2.68 bits per heavy atom. The summed E-state index contributed by atoms with van der Waals surface area (Å²) in [7, 11) is 4.11. The van der Waals surface area contributed by atoms with Crippen LogP contribution in [0.1, 0.15) is 13.3 Å². The fraction of sp³-hybridized carbons (Fsp3) is 0.286. The Morgan fingerprint density at radius 2 is 1.96 bits per heavy atom. The molecule has 3 aromatic rings. The number of aromatic nitrogens is 2. The second-order valence-electron chi connectivity index (χ2n) is 6.69. The third kappa shape index (κ3) is 5.94. The Kier molecular flexibility index (Phi) is 6.84. The first kappa shape index (κ1) is 20.1. The third-order valence-corrected chi connectivity index (χ3v) is 4.82. The topological polar surface area (TPSA) is 67.3 Å². The van der Waals surface area contributed by atoms with Crippen molar-refractivity contribution in [1.82, 2.24) is 14.9 Å². The molecule has 0 aliphatic rings. The van der Waals surface area contributed by atoms with E-state index in [0.29, 0.717) is 11.8 Å². The lowest BCUT2D eigenvalue weighted by Gasteiger charge is -2.10. The van der Waals surface area contributed by atoms with E-state index in [1.165, 1.54) is 18.7 Å². The first-order chi connectivity index (χ1) is 13.5. The molecule has 0 aliphatic carbocycles. The molecule has 1 amide bonds. The Hall–Kier alpha value is -2.64. The molecule has 3 rings (SSSR count). The van der Waals surface area contributed by atoms with Gasteiger partial charge in [-0.2, -0.15) is 0 Å². The van der Waals surface area contributed by atoms with Gasteiger partial charge < -0.3 is 15.0 Å². The Bertz CT molecular complexity index is 945. The molecule has 0 bridgehead atoms. The van der Waals surface area contributed by atoms with Gasteiger partial charge in [0.15, 0.2) is 5.16 Å². The summed E-state index contributed by atoms with van der Waals surface area (Å²) in [6.07, 6.45) is 2.80. The molecule has 0 radical (unpaired) electrons. The molecule has 0 spiro atoms. The van der Waals surface area contributed by atoms with E-state index in [0.717, 1.165) is 40.2 Å². The number of benzene rings is 2. The highest BCUT2D eigenvalue weighted by Crippen LogP contribution is 2.28. The normalized spacial score (nSPS) is 11.0. The summed E-state index contributed by atoms with van der Waals surface area (Å²) in [5.74, 6) is 0.735. The van der Waals surface area contributed by atoms with Gasteiger partial charge in [-0.3, -0.25) is 4.79 Å². The van der Waals surface area contributed by atoms with Gasteiger partial charge in [0.1, 0.15) is 5.75 Å². The van der Waals surface area contributed by atoms with Gasteiger partial charge in [0, 0.05) is 41.7 Å². The van der Waals surface area contributed by atoms with Crippen LogP contribution in [-0.2, 0) is 4.79 Å². The average Bonchev–Trinajstić information content (AvgIpc) is 2.66. The van der Waals surface area contributed by atoms with E-state index < -0.39 is 0 Å². The largest absolute Gasteiger partial charge is 0.493 e. The highest BCUT2D eigenvalue weighted by Gasteiger charge is 2.05. The van der Waals surface area contributed by atoms with Crippen LogP contribution in [0, 0.1) is 0 Å². The molecule has 1 N–H and O–H groups in total. The SMILES string of the molecule is CC(=O)Nc1ccc(Sc2ncc3ccc(OCCCN(C)C)cc3n2)cc1. The Morgan fingerprint density at radius 1 is 1.18 bits per heavy atom. The van der Waals surface area contributed by atoms with E-state index in [4.69, 9.17) is 4.74 Å². The van der Waals surface area contributed by atoms with Gasteiger partial charge in [0.2, 0.25) is 5.91 Å². The number of fused-ring (bicyclic) bond motifs is 1. The maximum absolute atomic E-state index is 11.1. The number of ether oxygens (including phenoxy) is 1. The lowest BCUT2D eigenvalue weighted by Crippen LogP contribution is -2.15. The van der Waals surface area contributed by atoms with Crippen molar-refractivity contribution in [1.29, 1.82) is 0 Å². The van der Waals surface area contributed by atoms with Crippen LogP contribution in [-0.4, -0.2) is 48.0 Å². The average molecular weight is 397 g/mol. The smallest absolute Gasteiger partial charge is 0.221 e. The summed E-state index contributed by atoms with van der Waals surface area (Å²) in [5, 5.41) is 4.41. The minimum absolute atomic E-state index is 0.0852. The molecule has 0 fully saturated rings. The maximum Gasteiger partial charge on any atom is 0.221 e. The van der Waals surface area contributed by atoms with Crippen molar-refractivity contribution in [2.75, 3.05) is 32.6 Å². The summed E-state index contributed by atoms with van der Waals surface area (Å²) in [6.45, 7) is 3.17. The zero-order chi connectivity index (χ0) is 19.9. The first-order valence-corrected chi connectivity index (χ1v) is 9.91. The third-order valence-electron chi connectivity index (χ3n) is 3.93. The van der Waals surface area contributed by atoms with Crippen LogP contribution in [0.4, 0.5) is 5.69 Å². The second kappa shape index (κ2) is 9.52. The molecule has 2 aromatic carbocycles. The van der Waals surface area contributed by atoms with Gasteiger partial charge in [-0.05, 0) is 68.7 Å². The van der Waals surface area contributed by atoms with Crippen LogP contribution in [0.5, 0.6) is 5.75 Å². The van der Waals surface area contributed by atoms with Gasteiger partial charge in [0.05, 0.1) is 12.1 Å². The molecule has 0 saturated carbocycles. The number of nitrogens with zero attached hydrogens (tertiary/aromatic N) is 3. The van der Waals surface area contributed by atoms with Crippen molar-refractivity contribution in [3.05, 3.63) is 48.7 Å². The summed E-state index contributed by atoms with van der Waals surface area (Å²) < 4.78 is 5.84. The number of rotatable bonds is 8. The predicted octanol–water partition coefficient (Wildman–Crippen LogP) is 4.07. The minimum atomic E-state index is -0.0852. The number of amides is 1. The molecular weight excluding hydrogens is 372 g/mol. The van der Waals surface area contributed by atoms with Gasteiger partial charge >= 0.3 is 0 Å². The number of anilines is 1. The highest BCUT2D eigenvalue weighted by atomic mass is 32.2. The summed E-state index contributed by atoms with van der Waals surface area (Å²) >= 11 is 1.48. The summed E-state index contributed by atoms with van der Waals surface area (Å²) in [5.41, 5.74) is 1.63. The minimum Gasteiger partial charge on any atom is -0.493 e. The van der Waals surface area contributed by atoms with Crippen molar-refractivity contribution in [3.63, 3.8) is 0 Å². The zero-order valence-electron chi connectivity index (χ0n) is 16.3. The lowest BCUT2D eigenvalue weighted by molar-refractivity contribution is -0.114. The van der Waals surface area contributed by atoms with Gasteiger partial charge in [-0.25, -0.2) is 9.97 Å². The van der Waals surface area contributed by atoms with E-state index in [1.807, 2.05) is 48.7 Å². The molecule has 1 heterocycles. The van der Waals surface area contributed by atoms with Gasteiger partial charge in [0.25, 0.3) is 0 Å². The molecule has 1 aromatic heterocycles. The molecular formula is C21H24N4O2S. The van der Waals surface area contributed by atoms with Crippen LogP contribution in [0.25, 0.3) is 10.9 Å². The van der Waals surface area contributed by atoms with Crippen LogP contribution in [0.3, 0.4) is 0 Å². The molecule has 0 unspecified atom stereocenters.